The predicted octanol–water partition coefficient (Wildman–Crippen LogP) is 2.48. The molecule has 0 radical (unpaired) electrons. The molecule has 1 N–H and O–H groups in total. The first-order valence-electron chi connectivity index (χ1n) is 5.28. The van der Waals surface area contributed by atoms with Crippen molar-refractivity contribution < 1.29 is 4.79 Å². The lowest BCUT2D eigenvalue weighted by Crippen LogP contribution is -2.24. The number of alkyl halides is 1. The molecule has 17 heavy (non-hydrogen) atoms. The van der Waals surface area contributed by atoms with Gasteiger partial charge in [-0.05, 0) is 11.4 Å². The van der Waals surface area contributed by atoms with Crippen LogP contribution >= 0.6 is 22.9 Å². The molecule has 3 rings (SSSR count). The number of halogens is 1. The molecule has 1 atom stereocenters. The van der Waals surface area contributed by atoms with Crippen LogP contribution in [0.1, 0.15) is 6.42 Å². The molecular weight excluding hydrogens is 258 g/mol. The molecule has 1 saturated heterocycles. The Bertz CT molecular complexity index is 537. The van der Waals surface area contributed by atoms with Gasteiger partial charge in [0.25, 0.3) is 0 Å². The molecule has 1 fully saturated rings. The fourth-order valence-corrected chi connectivity index (χ4v) is 2.86. The summed E-state index contributed by atoms with van der Waals surface area (Å²) >= 11 is 7.59. The fourth-order valence-electron chi connectivity index (χ4n) is 1.89. The van der Waals surface area contributed by atoms with Gasteiger partial charge in [-0.15, -0.1) is 22.9 Å². The lowest BCUT2D eigenvalue weighted by molar-refractivity contribution is -0.117. The average Bonchev–Trinajstić information content (AvgIpc) is 2.97. The van der Waals surface area contributed by atoms with E-state index in [0.29, 0.717) is 18.8 Å². The Labute approximate surface area is 107 Å². The first kappa shape index (κ1) is 10.8. The molecule has 0 saturated carbocycles. The number of carbonyl (C=O) groups is 1. The zero-order chi connectivity index (χ0) is 11.8. The first-order chi connectivity index (χ1) is 8.24. The zero-order valence-corrected chi connectivity index (χ0v) is 10.5. The normalized spacial score (nSPS) is 20.2. The summed E-state index contributed by atoms with van der Waals surface area (Å²) in [5.74, 6) is 0.691. The van der Waals surface area contributed by atoms with E-state index < -0.39 is 0 Å². The van der Waals surface area contributed by atoms with E-state index in [-0.39, 0.29) is 11.3 Å². The Morgan fingerprint density at radius 1 is 1.59 bits per heavy atom. The molecule has 88 valence electrons. The molecule has 0 spiro atoms. The van der Waals surface area contributed by atoms with Crippen LogP contribution in [0.3, 0.4) is 0 Å². The largest absolute Gasteiger partial charge is 0.294 e. The number of rotatable bonds is 2. The van der Waals surface area contributed by atoms with Crippen LogP contribution in [0.2, 0.25) is 0 Å². The molecule has 2 aromatic rings. The number of hydrogen-bond donors (Lipinski definition) is 1. The number of nitrogens with zero attached hydrogens (tertiary/aromatic N) is 2. The average molecular weight is 268 g/mol. The number of anilines is 1. The monoisotopic (exact) mass is 267 g/mol. The van der Waals surface area contributed by atoms with Crippen LogP contribution in [-0.2, 0) is 4.79 Å². The number of aromatic amines is 1. The molecule has 0 bridgehead atoms. The Morgan fingerprint density at radius 2 is 2.47 bits per heavy atom. The van der Waals surface area contributed by atoms with Gasteiger partial charge in [0, 0.05) is 19.0 Å². The maximum absolute atomic E-state index is 11.7. The van der Waals surface area contributed by atoms with E-state index in [4.69, 9.17) is 11.6 Å². The summed E-state index contributed by atoms with van der Waals surface area (Å²) in [4.78, 5) is 14.4. The highest BCUT2D eigenvalue weighted by Gasteiger charge is 2.30. The number of amides is 1. The van der Waals surface area contributed by atoms with Gasteiger partial charge in [0.15, 0.2) is 5.82 Å². The summed E-state index contributed by atoms with van der Waals surface area (Å²) in [7, 11) is 0. The number of nitrogens with one attached hydrogen (secondary N) is 1. The van der Waals surface area contributed by atoms with Crippen molar-refractivity contribution in [3.63, 3.8) is 0 Å². The summed E-state index contributed by atoms with van der Waals surface area (Å²) < 4.78 is 0. The molecular formula is C11H10ClN3OS. The van der Waals surface area contributed by atoms with Crippen molar-refractivity contribution in [1.29, 1.82) is 0 Å². The second kappa shape index (κ2) is 4.16. The summed E-state index contributed by atoms with van der Waals surface area (Å²) in [5, 5.41) is 9.01. The minimum atomic E-state index is -0.107. The molecule has 1 unspecified atom stereocenters. The van der Waals surface area contributed by atoms with E-state index in [1.54, 1.807) is 16.2 Å². The van der Waals surface area contributed by atoms with Crippen LogP contribution in [-0.4, -0.2) is 28.0 Å². The van der Waals surface area contributed by atoms with Crippen LogP contribution in [0, 0.1) is 0 Å². The van der Waals surface area contributed by atoms with Gasteiger partial charge in [0.05, 0.1) is 15.9 Å². The van der Waals surface area contributed by atoms with Crippen molar-refractivity contribution in [2.24, 2.45) is 0 Å². The molecule has 1 amide bonds. The highest BCUT2D eigenvalue weighted by Crippen LogP contribution is 2.28. The lowest BCUT2D eigenvalue weighted by Gasteiger charge is -2.10. The minimum absolute atomic E-state index is 0.0363. The lowest BCUT2D eigenvalue weighted by atomic mass is 10.3. The highest BCUT2D eigenvalue weighted by molar-refractivity contribution is 7.13. The van der Waals surface area contributed by atoms with E-state index >= 15 is 0 Å². The second-order valence-electron chi connectivity index (χ2n) is 3.92. The van der Waals surface area contributed by atoms with Crippen molar-refractivity contribution in [3.8, 4) is 10.6 Å². The van der Waals surface area contributed by atoms with Gasteiger partial charge in [0.1, 0.15) is 0 Å². The topological polar surface area (TPSA) is 49.0 Å². The summed E-state index contributed by atoms with van der Waals surface area (Å²) in [6.45, 7) is 0.537. The molecule has 2 aromatic heterocycles. The van der Waals surface area contributed by atoms with E-state index in [0.717, 1.165) is 10.6 Å². The maximum Gasteiger partial charge on any atom is 0.229 e. The van der Waals surface area contributed by atoms with Gasteiger partial charge in [-0.2, -0.15) is 5.10 Å². The van der Waals surface area contributed by atoms with Crippen LogP contribution in [0.25, 0.3) is 10.6 Å². The Kier molecular flexibility index (Phi) is 2.64. The van der Waals surface area contributed by atoms with Crippen molar-refractivity contribution in [1.82, 2.24) is 10.2 Å². The Balaban J connectivity index is 1.88. The Hall–Kier alpha value is -1.33. The number of thiophene rings is 1. The molecule has 0 aliphatic carbocycles. The Morgan fingerprint density at radius 3 is 3.12 bits per heavy atom. The fraction of sp³-hybridized carbons (Fsp3) is 0.273. The molecule has 4 nitrogen and oxygen atoms in total. The highest BCUT2D eigenvalue weighted by atomic mass is 35.5. The first-order valence-corrected chi connectivity index (χ1v) is 6.59. The van der Waals surface area contributed by atoms with Gasteiger partial charge in [0.2, 0.25) is 5.91 Å². The van der Waals surface area contributed by atoms with Crippen molar-refractivity contribution in [2.75, 3.05) is 11.4 Å². The van der Waals surface area contributed by atoms with Crippen LogP contribution in [0.4, 0.5) is 5.82 Å². The zero-order valence-electron chi connectivity index (χ0n) is 8.89. The third-order valence-corrected chi connectivity index (χ3v) is 3.90. The third-order valence-electron chi connectivity index (χ3n) is 2.71. The second-order valence-corrected chi connectivity index (χ2v) is 5.49. The predicted molar refractivity (Wildman–Crippen MR) is 68.5 cm³/mol. The number of aromatic nitrogens is 2. The number of carbonyl (C=O) groups excluding carboxylic acids is 1. The third kappa shape index (κ3) is 1.96. The van der Waals surface area contributed by atoms with Gasteiger partial charge in [-0.1, -0.05) is 6.07 Å². The van der Waals surface area contributed by atoms with E-state index in [2.05, 4.69) is 10.2 Å². The minimum Gasteiger partial charge on any atom is -0.294 e. The number of H-pyrrole nitrogens is 1. The van der Waals surface area contributed by atoms with E-state index in [1.165, 1.54) is 0 Å². The van der Waals surface area contributed by atoms with Gasteiger partial charge >= 0.3 is 0 Å². The molecule has 6 heteroatoms. The molecule has 3 heterocycles. The van der Waals surface area contributed by atoms with Crippen LogP contribution in [0.5, 0.6) is 0 Å². The van der Waals surface area contributed by atoms with Crippen LogP contribution < -0.4 is 4.90 Å². The summed E-state index contributed by atoms with van der Waals surface area (Å²) in [5.41, 5.74) is 0.931. The molecule has 1 aliphatic heterocycles. The SMILES string of the molecule is O=C1CC(Cl)CN1c1cc(-c2cccs2)[nH]n1. The molecule has 1 aliphatic rings. The standard InChI is InChI=1S/C11H10ClN3OS/c12-7-4-11(16)15(6-7)10-5-8(13-14-10)9-2-1-3-17-9/h1-3,5,7H,4,6H2,(H,13,14). The summed E-state index contributed by atoms with van der Waals surface area (Å²) in [6, 6.07) is 5.88. The van der Waals surface area contributed by atoms with E-state index in [9.17, 15) is 4.79 Å². The van der Waals surface area contributed by atoms with Crippen molar-refractivity contribution in [3.05, 3.63) is 23.6 Å². The molecule has 0 aromatic carbocycles. The van der Waals surface area contributed by atoms with Crippen LogP contribution in [0.15, 0.2) is 23.6 Å². The quantitative estimate of drug-likeness (QED) is 0.850. The van der Waals surface area contributed by atoms with Gasteiger partial charge in [-0.3, -0.25) is 14.8 Å². The van der Waals surface area contributed by atoms with Gasteiger partial charge < -0.3 is 0 Å². The van der Waals surface area contributed by atoms with Crippen molar-refractivity contribution in [2.45, 2.75) is 11.8 Å². The van der Waals surface area contributed by atoms with Crippen molar-refractivity contribution >= 4 is 34.7 Å². The summed E-state index contributed by atoms with van der Waals surface area (Å²) in [6.07, 6.45) is 0.392. The van der Waals surface area contributed by atoms with Gasteiger partial charge in [-0.25, -0.2) is 0 Å². The van der Waals surface area contributed by atoms with E-state index in [1.807, 2.05) is 23.6 Å². The number of hydrogen-bond acceptors (Lipinski definition) is 3. The maximum atomic E-state index is 11.7. The smallest absolute Gasteiger partial charge is 0.229 e.